The van der Waals surface area contributed by atoms with Crippen LogP contribution in [-0.4, -0.2) is 46.8 Å². The number of aliphatic hydroxyl groups excluding tert-OH is 2. The molecule has 0 aliphatic rings. The third kappa shape index (κ3) is 9.91. The van der Waals surface area contributed by atoms with Crippen molar-refractivity contribution in [3.05, 3.63) is 0 Å². The van der Waals surface area contributed by atoms with E-state index in [1.54, 1.807) is 7.05 Å². The van der Waals surface area contributed by atoms with E-state index in [4.69, 9.17) is 0 Å². The second kappa shape index (κ2) is 11.2. The number of hydrogen-bond acceptors (Lipinski definition) is 3. The molecule has 0 unspecified atom stereocenters. The number of amides is 1. The van der Waals surface area contributed by atoms with Gasteiger partial charge in [0.2, 0.25) is 5.91 Å². The van der Waals surface area contributed by atoms with Crippen molar-refractivity contribution < 1.29 is 15.0 Å². The Morgan fingerprint density at radius 1 is 1.05 bits per heavy atom. The van der Waals surface area contributed by atoms with Crippen LogP contribution in [0.1, 0.15) is 65.2 Å². The Bertz CT molecular complexity index is 231. The van der Waals surface area contributed by atoms with E-state index in [-0.39, 0.29) is 12.5 Å². The summed E-state index contributed by atoms with van der Waals surface area (Å²) in [5.74, 6) is 0.0493. The Morgan fingerprint density at radius 3 is 2.11 bits per heavy atom. The Morgan fingerprint density at radius 2 is 1.58 bits per heavy atom. The molecule has 2 N–H and O–H groups in total. The Hall–Kier alpha value is -0.610. The standard InChI is InChI=1S/C15H31NO3/c1-4-5-6-7-8-9-10-11-15(19)16(3)12-14(18)13(2)17/h13-14,17-18H,4-12H2,1-3H3/t13-,14+/m0/s1. The van der Waals surface area contributed by atoms with Crippen LogP contribution in [0.2, 0.25) is 0 Å². The summed E-state index contributed by atoms with van der Waals surface area (Å²) in [5.41, 5.74) is 0. The van der Waals surface area contributed by atoms with Gasteiger partial charge in [-0.05, 0) is 13.3 Å². The van der Waals surface area contributed by atoms with E-state index >= 15 is 0 Å². The molecule has 0 rings (SSSR count). The number of hydrogen-bond donors (Lipinski definition) is 2. The minimum atomic E-state index is -0.858. The molecular weight excluding hydrogens is 242 g/mol. The van der Waals surface area contributed by atoms with E-state index < -0.39 is 12.2 Å². The second-order valence-electron chi connectivity index (χ2n) is 5.45. The lowest BCUT2D eigenvalue weighted by atomic mass is 10.1. The molecule has 0 saturated carbocycles. The van der Waals surface area contributed by atoms with E-state index in [0.717, 1.165) is 12.8 Å². The maximum atomic E-state index is 11.8. The highest BCUT2D eigenvalue weighted by Gasteiger charge is 2.16. The molecule has 0 aromatic carbocycles. The van der Waals surface area contributed by atoms with Crippen LogP contribution >= 0.6 is 0 Å². The smallest absolute Gasteiger partial charge is 0.222 e. The van der Waals surface area contributed by atoms with Gasteiger partial charge in [-0.15, -0.1) is 0 Å². The van der Waals surface area contributed by atoms with Gasteiger partial charge in [-0.1, -0.05) is 45.4 Å². The molecule has 0 aromatic heterocycles. The first kappa shape index (κ1) is 18.4. The Kier molecular flexibility index (Phi) is 10.9. The number of aliphatic hydroxyl groups is 2. The van der Waals surface area contributed by atoms with Crippen molar-refractivity contribution in [3.63, 3.8) is 0 Å². The lowest BCUT2D eigenvalue weighted by Crippen LogP contribution is -2.39. The van der Waals surface area contributed by atoms with E-state index in [1.165, 1.54) is 43.9 Å². The predicted molar refractivity (Wildman–Crippen MR) is 77.9 cm³/mol. The summed E-state index contributed by atoms with van der Waals surface area (Å²) < 4.78 is 0. The minimum Gasteiger partial charge on any atom is -0.391 e. The molecule has 1 amide bonds. The van der Waals surface area contributed by atoms with Crippen molar-refractivity contribution in [3.8, 4) is 0 Å². The van der Waals surface area contributed by atoms with Crippen molar-refractivity contribution in [2.24, 2.45) is 0 Å². The fourth-order valence-electron chi connectivity index (χ4n) is 1.96. The number of carbonyl (C=O) groups excluding carboxylic acids is 1. The van der Waals surface area contributed by atoms with Crippen LogP contribution in [0.25, 0.3) is 0 Å². The van der Waals surface area contributed by atoms with Gasteiger partial charge in [0.1, 0.15) is 0 Å². The summed E-state index contributed by atoms with van der Waals surface area (Å²) in [4.78, 5) is 13.3. The molecule has 0 aromatic rings. The largest absolute Gasteiger partial charge is 0.391 e. The molecule has 2 atom stereocenters. The average Bonchev–Trinajstić information content (AvgIpc) is 2.37. The van der Waals surface area contributed by atoms with Gasteiger partial charge in [0.05, 0.1) is 12.2 Å². The molecule has 0 aliphatic carbocycles. The van der Waals surface area contributed by atoms with Gasteiger partial charge in [-0.2, -0.15) is 0 Å². The van der Waals surface area contributed by atoms with Crippen LogP contribution in [0.5, 0.6) is 0 Å². The van der Waals surface area contributed by atoms with Crippen molar-refractivity contribution in [1.82, 2.24) is 4.90 Å². The quantitative estimate of drug-likeness (QED) is 0.568. The topological polar surface area (TPSA) is 60.8 Å². The zero-order chi connectivity index (χ0) is 14.7. The molecule has 4 nitrogen and oxygen atoms in total. The van der Waals surface area contributed by atoms with E-state index in [1.807, 2.05) is 0 Å². The van der Waals surface area contributed by atoms with Crippen molar-refractivity contribution in [2.75, 3.05) is 13.6 Å². The van der Waals surface area contributed by atoms with Crippen molar-refractivity contribution in [1.29, 1.82) is 0 Å². The highest BCUT2D eigenvalue weighted by atomic mass is 16.3. The van der Waals surface area contributed by atoms with Crippen LogP contribution in [0.15, 0.2) is 0 Å². The first-order valence-corrected chi connectivity index (χ1v) is 7.59. The number of likely N-dealkylation sites (N-methyl/N-ethyl adjacent to an activating group) is 1. The SMILES string of the molecule is CCCCCCCCCC(=O)N(C)C[C@@H](O)[C@H](C)O. The van der Waals surface area contributed by atoms with Crippen LogP contribution in [-0.2, 0) is 4.79 Å². The molecule has 4 heteroatoms. The second-order valence-corrected chi connectivity index (χ2v) is 5.45. The lowest BCUT2D eigenvalue weighted by molar-refractivity contribution is -0.132. The molecule has 0 aliphatic heterocycles. The maximum Gasteiger partial charge on any atom is 0.222 e. The van der Waals surface area contributed by atoms with Gasteiger partial charge in [0.15, 0.2) is 0 Å². The highest BCUT2D eigenvalue weighted by molar-refractivity contribution is 5.75. The number of nitrogens with zero attached hydrogens (tertiary/aromatic N) is 1. The molecule has 19 heavy (non-hydrogen) atoms. The average molecular weight is 273 g/mol. The zero-order valence-corrected chi connectivity index (χ0v) is 12.8. The molecule has 0 saturated heterocycles. The predicted octanol–water partition coefficient (Wildman–Crippen LogP) is 2.33. The number of unbranched alkanes of at least 4 members (excludes halogenated alkanes) is 6. The molecule has 0 heterocycles. The van der Waals surface area contributed by atoms with E-state index in [2.05, 4.69) is 6.92 Å². The molecule has 0 spiro atoms. The van der Waals surface area contributed by atoms with E-state index in [9.17, 15) is 15.0 Å². The molecule has 0 bridgehead atoms. The Balaban J connectivity index is 3.57. The summed E-state index contributed by atoms with van der Waals surface area (Å²) in [5, 5.41) is 18.7. The fraction of sp³-hybridized carbons (Fsp3) is 0.933. The van der Waals surface area contributed by atoms with Gasteiger partial charge in [0.25, 0.3) is 0 Å². The van der Waals surface area contributed by atoms with Gasteiger partial charge >= 0.3 is 0 Å². The third-order valence-electron chi connectivity index (χ3n) is 3.44. The molecule has 114 valence electrons. The Labute approximate surface area is 117 Å². The van der Waals surface area contributed by atoms with Gasteiger partial charge in [-0.25, -0.2) is 0 Å². The summed E-state index contributed by atoms with van der Waals surface area (Å²) in [6.07, 6.45) is 7.22. The van der Waals surface area contributed by atoms with Crippen LogP contribution in [0.3, 0.4) is 0 Å². The van der Waals surface area contributed by atoms with Gasteiger partial charge in [0, 0.05) is 20.0 Å². The summed E-state index contributed by atoms with van der Waals surface area (Å²) in [6, 6.07) is 0. The van der Waals surface area contributed by atoms with Crippen molar-refractivity contribution >= 4 is 5.91 Å². The summed E-state index contributed by atoms with van der Waals surface area (Å²) in [6.45, 7) is 3.93. The monoisotopic (exact) mass is 273 g/mol. The number of carbonyl (C=O) groups is 1. The lowest BCUT2D eigenvalue weighted by Gasteiger charge is -2.22. The normalized spacial score (nSPS) is 14.2. The molecule has 0 fully saturated rings. The van der Waals surface area contributed by atoms with Crippen LogP contribution in [0.4, 0.5) is 0 Å². The zero-order valence-electron chi connectivity index (χ0n) is 12.8. The summed E-state index contributed by atoms with van der Waals surface area (Å²) >= 11 is 0. The molecule has 0 radical (unpaired) electrons. The van der Waals surface area contributed by atoms with E-state index in [0.29, 0.717) is 6.42 Å². The third-order valence-corrected chi connectivity index (χ3v) is 3.44. The summed E-state index contributed by atoms with van der Waals surface area (Å²) in [7, 11) is 1.68. The fourth-order valence-corrected chi connectivity index (χ4v) is 1.96. The van der Waals surface area contributed by atoms with Gasteiger partial charge in [-0.3, -0.25) is 4.79 Å². The molecular formula is C15H31NO3. The number of rotatable bonds is 11. The first-order chi connectivity index (χ1) is 8.99. The maximum absolute atomic E-state index is 11.8. The van der Waals surface area contributed by atoms with Crippen LogP contribution in [0, 0.1) is 0 Å². The highest BCUT2D eigenvalue weighted by Crippen LogP contribution is 2.09. The minimum absolute atomic E-state index is 0.0493. The van der Waals surface area contributed by atoms with Gasteiger partial charge < -0.3 is 15.1 Å². The first-order valence-electron chi connectivity index (χ1n) is 7.59. The van der Waals surface area contributed by atoms with Crippen molar-refractivity contribution in [2.45, 2.75) is 77.4 Å². The van der Waals surface area contributed by atoms with Crippen LogP contribution < -0.4 is 0 Å².